The van der Waals surface area contributed by atoms with Crippen molar-refractivity contribution >= 4 is 11.7 Å². The van der Waals surface area contributed by atoms with Crippen molar-refractivity contribution in [3.8, 4) is 5.88 Å². The van der Waals surface area contributed by atoms with Gasteiger partial charge in [0.15, 0.2) is 0 Å². The van der Waals surface area contributed by atoms with Crippen molar-refractivity contribution in [3.05, 3.63) is 53.7 Å². The lowest BCUT2D eigenvalue weighted by Gasteiger charge is -2.29. The summed E-state index contributed by atoms with van der Waals surface area (Å²) in [4.78, 5) is 16.4. The number of aryl methyl sites for hydroxylation is 2. The van der Waals surface area contributed by atoms with Crippen LogP contribution < -0.4 is 15.4 Å². The minimum absolute atomic E-state index is 0.141. The topological polar surface area (TPSA) is 63.2 Å². The number of hydrogen-bond acceptors (Lipinski definition) is 3. The number of amides is 2. The molecule has 5 heteroatoms. The maximum atomic E-state index is 12.2. The average Bonchev–Trinajstić information content (AvgIpc) is 2.61. The van der Waals surface area contributed by atoms with E-state index in [0.717, 1.165) is 31.4 Å². The first kappa shape index (κ1) is 17.3. The van der Waals surface area contributed by atoms with E-state index in [-0.39, 0.29) is 18.2 Å². The largest absolute Gasteiger partial charge is 0.474 e. The molecule has 1 saturated carbocycles. The van der Waals surface area contributed by atoms with Gasteiger partial charge in [0.05, 0.1) is 0 Å². The molecule has 1 fully saturated rings. The highest BCUT2D eigenvalue weighted by Crippen LogP contribution is 2.23. The Kier molecular flexibility index (Phi) is 5.53. The Morgan fingerprint density at radius 1 is 1.08 bits per heavy atom. The van der Waals surface area contributed by atoms with Gasteiger partial charge in [0.2, 0.25) is 5.88 Å². The van der Waals surface area contributed by atoms with E-state index in [1.807, 2.05) is 43.3 Å². The Morgan fingerprint density at radius 3 is 2.56 bits per heavy atom. The second-order valence-electron chi connectivity index (χ2n) is 6.66. The Morgan fingerprint density at radius 2 is 1.88 bits per heavy atom. The Balaban J connectivity index is 1.43. The maximum Gasteiger partial charge on any atom is 0.319 e. The zero-order chi connectivity index (χ0) is 17.6. The lowest BCUT2D eigenvalue weighted by Crippen LogP contribution is -2.41. The predicted molar refractivity (Wildman–Crippen MR) is 99.0 cm³/mol. The van der Waals surface area contributed by atoms with Gasteiger partial charge in [0.1, 0.15) is 6.10 Å². The molecule has 0 atom stereocenters. The van der Waals surface area contributed by atoms with Crippen LogP contribution in [-0.4, -0.2) is 23.2 Å². The van der Waals surface area contributed by atoms with Crippen molar-refractivity contribution in [2.45, 2.75) is 51.7 Å². The molecule has 0 unspecified atom stereocenters. The average molecular weight is 339 g/mol. The zero-order valence-corrected chi connectivity index (χ0v) is 14.8. The molecular formula is C20H25N3O2. The van der Waals surface area contributed by atoms with E-state index in [2.05, 4.69) is 22.5 Å². The summed E-state index contributed by atoms with van der Waals surface area (Å²) in [6, 6.07) is 11.7. The molecule has 0 spiro atoms. The summed E-state index contributed by atoms with van der Waals surface area (Å²) in [6.07, 6.45) is 5.59. The van der Waals surface area contributed by atoms with Crippen molar-refractivity contribution in [1.29, 1.82) is 0 Å². The van der Waals surface area contributed by atoms with Crippen molar-refractivity contribution in [1.82, 2.24) is 10.3 Å². The lowest BCUT2D eigenvalue weighted by molar-refractivity contribution is 0.135. The fraction of sp³-hybridized carbons (Fsp3) is 0.400. The van der Waals surface area contributed by atoms with E-state index in [1.54, 1.807) is 6.20 Å². The second-order valence-corrected chi connectivity index (χ2v) is 6.66. The van der Waals surface area contributed by atoms with Crippen LogP contribution in [0.15, 0.2) is 42.6 Å². The molecule has 25 heavy (non-hydrogen) atoms. The number of pyridine rings is 1. The molecule has 2 amide bonds. The van der Waals surface area contributed by atoms with Crippen LogP contribution in [0.25, 0.3) is 0 Å². The molecule has 1 aromatic carbocycles. The van der Waals surface area contributed by atoms with Crippen molar-refractivity contribution in [2.24, 2.45) is 0 Å². The van der Waals surface area contributed by atoms with E-state index >= 15 is 0 Å². The van der Waals surface area contributed by atoms with E-state index in [4.69, 9.17) is 4.74 Å². The third-order valence-corrected chi connectivity index (χ3v) is 4.70. The van der Waals surface area contributed by atoms with E-state index < -0.39 is 0 Å². The first-order valence-electron chi connectivity index (χ1n) is 8.82. The number of nitrogens with zero attached hydrogens (tertiary/aromatic N) is 1. The molecule has 2 N–H and O–H groups in total. The monoisotopic (exact) mass is 339 g/mol. The van der Waals surface area contributed by atoms with E-state index in [9.17, 15) is 4.79 Å². The number of anilines is 1. The molecule has 5 nitrogen and oxygen atoms in total. The van der Waals surface area contributed by atoms with Crippen molar-refractivity contribution in [3.63, 3.8) is 0 Å². The second kappa shape index (κ2) is 8.01. The van der Waals surface area contributed by atoms with Crippen molar-refractivity contribution in [2.75, 3.05) is 5.32 Å². The molecule has 3 rings (SSSR count). The third kappa shape index (κ3) is 4.95. The highest BCUT2D eigenvalue weighted by Gasteiger charge is 2.23. The Hall–Kier alpha value is -2.56. The van der Waals surface area contributed by atoms with Crippen LogP contribution in [0, 0.1) is 13.8 Å². The van der Waals surface area contributed by atoms with Crippen LogP contribution in [-0.2, 0) is 0 Å². The van der Waals surface area contributed by atoms with Gasteiger partial charge in [-0.15, -0.1) is 0 Å². The predicted octanol–water partition coefficient (Wildman–Crippen LogP) is 4.21. The van der Waals surface area contributed by atoms with E-state index in [1.165, 1.54) is 11.1 Å². The Bertz CT molecular complexity index is 710. The highest BCUT2D eigenvalue weighted by molar-refractivity contribution is 5.89. The molecule has 1 aliphatic rings. The molecule has 0 aliphatic heterocycles. The van der Waals surface area contributed by atoms with Gasteiger partial charge in [-0.1, -0.05) is 12.1 Å². The summed E-state index contributed by atoms with van der Waals surface area (Å²) in [5, 5.41) is 5.98. The summed E-state index contributed by atoms with van der Waals surface area (Å²) in [6.45, 7) is 4.10. The zero-order valence-electron chi connectivity index (χ0n) is 14.8. The van der Waals surface area contributed by atoms with Gasteiger partial charge in [0, 0.05) is 24.0 Å². The smallest absolute Gasteiger partial charge is 0.319 e. The SMILES string of the molecule is Cc1ccc(NC(=O)NC2CCC(Oc3ccccn3)CC2)cc1C. The Labute approximate surface area is 148 Å². The van der Waals surface area contributed by atoms with Gasteiger partial charge in [0.25, 0.3) is 0 Å². The molecular weight excluding hydrogens is 314 g/mol. The first-order chi connectivity index (χ1) is 12.1. The molecule has 0 radical (unpaired) electrons. The van der Waals surface area contributed by atoms with Gasteiger partial charge in [-0.05, 0) is 68.9 Å². The minimum Gasteiger partial charge on any atom is -0.474 e. The van der Waals surface area contributed by atoms with Gasteiger partial charge in [-0.25, -0.2) is 9.78 Å². The lowest BCUT2D eigenvalue weighted by atomic mass is 9.93. The van der Waals surface area contributed by atoms with Gasteiger partial charge < -0.3 is 15.4 Å². The summed E-state index contributed by atoms with van der Waals surface area (Å²) < 4.78 is 5.89. The first-order valence-corrected chi connectivity index (χ1v) is 8.82. The molecule has 1 heterocycles. The van der Waals surface area contributed by atoms with Crippen LogP contribution in [0.5, 0.6) is 5.88 Å². The molecule has 0 bridgehead atoms. The number of aromatic nitrogens is 1. The third-order valence-electron chi connectivity index (χ3n) is 4.70. The molecule has 1 aliphatic carbocycles. The molecule has 2 aromatic rings. The number of ether oxygens (including phenoxy) is 1. The summed E-state index contributed by atoms with van der Waals surface area (Å²) >= 11 is 0. The number of urea groups is 1. The van der Waals surface area contributed by atoms with Crippen LogP contribution >= 0.6 is 0 Å². The normalized spacial score (nSPS) is 19.9. The highest BCUT2D eigenvalue weighted by atomic mass is 16.5. The summed E-state index contributed by atoms with van der Waals surface area (Å²) in [7, 11) is 0. The number of hydrogen-bond donors (Lipinski definition) is 2. The van der Waals surface area contributed by atoms with Crippen LogP contribution in [0.1, 0.15) is 36.8 Å². The number of carbonyl (C=O) groups excluding carboxylic acids is 1. The number of nitrogens with one attached hydrogen (secondary N) is 2. The van der Waals surface area contributed by atoms with Crippen molar-refractivity contribution < 1.29 is 9.53 Å². The van der Waals surface area contributed by atoms with Crippen LogP contribution in [0.4, 0.5) is 10.5 Å². The fourth-order valence-corrected chi connectivity index (χ4v) is 3.08. The number of benzene rings is 1. The standard InChI is InChI=1S/C20H25N3O2/c1-14-6-7-17(13-15(14)2)23-20(24)22-16-8-10-18(11-9-16)25-19-5-3-4-12-21-19/h3-7,12-13,16,18H,8-11H2,1-2H3,(H2,22,23,24). The van der Waals surface area contributed by atoms with Crippen LogP contribution in [0.2, 0.25) is 0 Å². The van der Waals surface area contributed by atoms with Crippen LogP contribution in [0.3, 0.4) is 0 Å². The molecule has 132 valence electrons. The quantitative estimate of drug-likeness (QED) is 0.877. The maximum absolute atomic E-state index is 12.2. The van der Waals surface area contributed by atoms with Gasteiger partial charge >= 0.3 is 6.03 Å². The summed E-state index contributed by atoms with van der Waals surface area (Å²) in [5.74, 6) is 0.673. The van der Waals surface area contributed by atoms with Gasteiger partial charge in [-0.3, -0.25) is 0 Å². The number of rotatable bonds is 4. The fourth-order valence-electron chi connectivity index (χ4n) is 3.08. The van der Waals surface area contributed by atoms with Gasteiger partial charge in [-0.2, -0.15) is 0 Å². The minimum atomic E-state index is -0.141. The summed E-state index contributed by atoms with van der Waals surface area (Å²) in [5.41, 5.74) is 3.22. The number of carbonyl (C=O) groups is 1. The molecule has 0 saturated heterocycles. The molecule has 1 aromatic heterocycles. The van der Waals surface area contributed by atoms with E-state index in [0.29, 0.717) is 5.88 Å².